The highest BCUT2D eigenvalue weighted by atomic mass is 35.5. The lowest BCUT2D eigenvalue weighted by molar-refractivity contribution is 0.604. The minimum atomic E-state index is -3.20. The lowest BCUT2D eigenvalue weighted by Gasteiger charge is -1.97. The molecule has 0 saturated carbocycles. The largest absolute Gasteiger partial charge is 0.223 e. The number of thiol groups is 1. The molecule has 0 bridgehead atoms. The van der Waals surface area contributed by atoms with Crippen LogP contribution < -0.4 is 0 Å². The molecule has 0 N–H and O–H groups in total. The van der Waals surface area contributed by atoms with Crippen LogP contribution in [0.2, 0.25) is 0 Å². The third-order valence-corrected chi connectivity index (χ3v) is 3.34. The molecule has 0 aromatic rings. The zero-order valence-electron chi connectivity index (χ0n) is 4.78. The van der Waals surface area contributed by atoms with E-state index in [1.165, 1.54) is 6.92 Å². The van der Waals surface area contributed by atoms with Crippen LogP contribution in [0.4, 0.5) is 0 Å². The van der Waals surface area contributed by atoms with Gasteiger partial charge in [-0.25, -0.2) is 8.42 Å². The molecule has 0 aromatic heterocycles. The summed E-state index contributed by atoms with van der Waals surface area (Å²) in [6.07, 6.45) is 0. The van der Waals surface area contributed by atoms with Gasteiger partial charge in [-0.1, -0.05) is 11.6 Å². The zero-order chi connectivity index (χ0) is 7.49. The van der Waals surface area contributed by atoms with Crippen molar-refractivity contribution < 1.29 is 8.42 Å². The Kier molecular flexibility index (Phi) is 3.61. The molecule has 54 valence electrons. The van der Waals surface area contributed by atoms with Gasteiger partial charge in [-0.2, -0.15) is 12.6 Å². The van der Waals surface area contributed by atoms with Crippen LogP contribution in [0.1, 0.15) is 6.92 Å². The first-order chi connectivity index (χ1) is 4.00. The van der Waals surface area contributed by atoms with Crippen molar-refractivity contribution in [3.05, 3.63) is 10.9 Å². The summed E-state index contributed by atoms with van der Waals surface area (Å²) < 4.78 is 20.7. The van der Waals surface area contributed by atoms with Crippen LogP contribution >= 0.6 is 24.2 Å². The maximum absolute atomic E-state index is 10.7. The summed E-state index contributed by atoms with van der Waals surface area (Å²) in [6.45, 7) is 1.47. The molecule has 0 aliphatic carbocycles. The molecule has 1 unspecified atom stereocenters. The van der Waals surface area contributed by atoms with Gasteiger partial charge in [0.1, 0.15) is 4.58 Å². The van der Waals surface area contributed by atoms with Crippen molar-refractivity contribution in [2.75, 3.05) is 0 Å². The molecule has 1 atom stereocenters. The molecule has 0 spiro atoms. The predicted molar refractivity (Wildman–Crippen MR) is 42.4 cm³/mol. The second-order valence-corrected chi connectivity index (χ2v) is 4.98. The molecule has 2 nitrogen and oxygen atoms in total. The van der Waals surface area contributed by atoms with E-state index < -0.39 is 14.4 Å². The summed E-state index contributed by atoms with van der Waals surface area (Å²) in [4.78, 5) is 0. The number of halogens is 1. The maximum Gasteiger partial charge on any atom is 0.184 e. The molecule has 9 heavy (non-hydrogen) atoms. The highest BCUT2D eigenvalue weighted by molar-refractivity contribution is 8.06. The number of hydrogen-bond donors (Lipinski definition) is 1. The van der Waals surface area contributed by atoms with Crippen molar-refractivity contribution in [3.8, 4) is 0 Å². The fourth-order valence-electron chi connectivity index (χ4n) is 0.185. The van der Waals surface area contributed by atoms with Gasteiger partial charge in [-0.15, -0.1) is 0 Å². The van der Waals surface area contributed by atoms with E-state index in [4.69, 9.17) is 11.6 Å². The Labute approximate surface area is 65.2 Å². The first-order valence-corrected chi connectivity index (χ1v) is 4.75. The van der Waals surface area contributed by atoms with Crippen molar-refractivity contribution in [3.63, 3.8) is 0 Å². The van der Waals surface area contributed by atoms with Gasteiger partial charge in [-0.05, 0) is 6.92 Å². The van der Waals surface area contributed by atoms with E-state index in [2.05, 4.69) is 12.6 Å². The number of rotatable bonds is 2. The van der Waals surface area contributed by atoms with Crippen molar-refractivity contribution in [1.82, 2.24) is 0 Å². The maximum atomic E-state index is 10.7. The van der Waals surface area contributed by atoms with Crippen molar-refractivity contribution >= 4 is 34.1 Å². The summed E-state index contributed by atoms with van der Waals surface area (Å²) >= 11 is 8.75. The molecule has 0 amide bonds. The van der Waals surface area contributed by atoms with Gasteiger partial charge >= 0.3 is 0 Å². The molecular weight excluding hydrogens is 180 g/mol. The van der Waals surface area contributed by atoms with Gasteiger partial charge in [0.15, 0.2) is 9.84 Å². The van der Waals surface area contributed by atoms with Gasteiger partial charge in [-0.3, -0.25) is 0 Å². The first kappa shape index (κ1) is 9.33. The average molecular weight is 187 g/mol. The van der Waals surface area contributed by atoms with Gasteiger partial charge in [0.05, 0.1) is 0 Å². The van der Waals surface area contributed by atoms with E-state index in [-0.39, 0.29) is 0 Å². The fourth-order valence-corrected chi connectivity index (χ4v) is 1.20. The summed E-state index contributed by atoms with van der Waals surface area (Å²) in [5.74, 6) is 0. The lowest BCUT2D eigenvalue weighted by atomic mass is 11.0. The molecule has 5 heteroatoms. The minimum absolute atomic E-state index is 0.688. The van der Waals surface area contributed by atoms with Gasteiger partial charge in [0.2, 0.25) is 0 Å². The van der Waals surface area contributed by atoms with E-state index in [0.29, 0.717) is 0 Å². The molecule has 0 aliphatic rings. The summed E-state index contributed by atoms with van der Waals surface area (Å²) in [7, 11) is -3.20. The van der Waals surface area contributed by atoms with Gasteiger partial charge in [0, 0.05) is 10.9 Å². The average Bonchev–Trinajstić information content (AvgIpc) is 1.65. The Morgan fingerprint density at radius 2 is 2.11 bits per heavy atom. The van der Waals surface area contributed by atoms with Crippen LogP contribution in [0, 0.1) is 0 Å². The van der Waals surface area contributed by atoms with Crippen molar-refractivity contribution in [2.45, 2.75) is 11.5 Å². The molecule has 0 aromatic carbocycles. The number of sulfone groups is 1. The minimum Gasteiger partial charge on any atom is -0.223 e. The van der Waals surface area contributed by atoms with E-state index >= 15 is 0 Å². The fraction of sp³-hybridized carbons (Fsp3) is 0.500. The first-order valence-electron chi connectivity index (χ1n) is 2.19. The van der Waals surface area contributed by atoms with Crippen LogP contribution in [0.3, 0.4) is 0 Å². The summed E-state index contributed by atoms with van der Waals surface area (Å²) in [5.41, 5.74) is 0.960. The summed E-state index contributed by atoms with van der Waals surface area (Å²) in [6, 6.07) is 0. The Hall–Kier alpha value is 0.330. The molecular formula is C4H7ClO2S2. The lowest BCUT2D eigenvalue weighted by Crippen LogP contribution is -2.06. The van der Waals surface area contributed by atoms with Gasteiger partial charge < -0.3 is 0 Å². The quantitative estimate of drug-likeness (QED) is 0.662. The van der Waals surface area contributed by atoms with Crippen LogP contribution in [-0.4, -0.2) is 13.0 Å². The molecule has 0 aliphatic heterocycles. The molecule has 0 rings (SSSR count). The Morgan fingerprint density at radius 1 is 1.67 bits per heavy atom. The smallest absolute Gasteiger partial charge is 0.184 e. The molecule has 0 heterocycles. The SMILES string of the molecule is CC(S)S(=O)(=O)/C=C/Cl. The van der Waals surface area contributed by atoms with Crippen molar-refractivity contribution in [1.29, 1.82) is 0 Å². The third kappa shape index (κ3) is 3.13. The third-order valence-electron chi connectivity index (χ3n) is 0.717. The Balaban J connectivity index is 4.42. The molecule has 0 radical (unpaired) electrons. The predicted octanol–water partition coefficient (Wildman–Crippen LogP) is 1.39. The highest BCUT2D eigenvalue weighted by Gasteiger charge is 2.11. The van der Waals surface area contributed by atoms with Crippen LogP contribution in [0.5, 0.6) is 0 Å². The topological polar surface area (TPSA) is 34.1 Å². The van der Waals surface area contributed by atoms with E-state index in [0.717, 1.165) is 10.9 Å². The molecule has 0 saturated heterocycles. The second kappa shape index (κ2) is 3.49. The van der Waals surface area contributed by atoms with E-state index in [1.54, 1.807) is 0 Å². The summed E-state index contributed by atoms with van der Waals surface area (Å²) in [5, 5.41) is 0.923. The van der Waals surface area contributed by atoms with E-state index in [9.17, 15) is 8.42 Å². The zero-order valence-corrected chi connectivity index (χ0v) is 7.25. The van der Waals surface area contributed by atoms with Crippen LogP contribution in [0.25, 0.3) is 0 Å². The Morgan fingerprint density at radius 3 is 2.22 bits per heavy atom. The Bertz CT molecular complexity index is 193. The standard InChI is InChI=1S/C4H7ClO2S2/c1-4(8)9(6,7)3-2-5/h2-4,8H,1H3/b3-2+. The highest BCUT2D eigenvalue weighted by Crippen LogP contribution is 2.06. The van der Waals surface area contributed by atoms with E-state index in [1.807, 2.05) is 0 Å². The number of hydrogen-bond acceptors (Lipinski definition) is 3. The monoisotopic (exact) mass is 186 g/mol. The van der Waals surface area contributed by atoms with Crippen LogP contribution in [-0.2, 0) is 9.84 Å². The van der Waals surface area contributed by atoms with Gasteiger partial charge in [0.25, 0.3) is 0 Å². The van der Waals surface area contributed by atoms with Crippen molar-refractivity contribution in [2.24, 2.45) is 0 Å². The second-order valence-electron chi connectivity index (χ2n) is 1.45. The normalized spacial score (nSPS) is 16.3. The molecule has 0 fully saturated rings. The van der Waals surface area contributed by atoms with Crippen LogP contribution in [0.15, 0.2) is 10.9 Å².